The van der Waals surface area contributed by atoms with Crippen LogP contribution in [-0.2, 0) is 42.2 Å². The van der Waals surface area contributed by atoms with E-state index in [1.807, 2.05) is 12.2 Å². The zero-order valence-corrected chi connectivity index (χ0v) is 43.4. The van der Waals surface area contributed by atoms with Crippen molar-refractivity contribution in [2.45, 2.75) is 213 Å². The van der Waals surface area contributed by atoms with E-state index in [1.165, 1.54) is 32.1 Å². The number of esters is 3. The van der Waals surface area contributed by atoms with E-state index in [0.717, 1.165) is 103 Å². The molecule has 388 valence electrons. The first-order valence-electron chi connectivity index (χ1n) is 26.1. The molecule has 0 aliphatic heterocycles. The van der Waals surface area contributed by atoms with Crippen LogP contribution in [-0.4, -0.2) is 66.5 Å². The fraction of sp³-hybridized carbons (Fsp3) is 0.661. The van der Waals surface area contributed by atoms with Crippen LogP contribution in [0, 0.1) is 0 Å². The second-order valence-electron chi connectivity index (χ2n) is 17.0. The third-order valence-corrected chi connectivity index (χ3v) is 11.4. The third kappa shape index (κ3) is 47.5. The molecule has 11 nitrogen and oxygen atoms in total. The van der Waals surface area contributed by atoms with Gasteiger partial charge in [-0.15, -0.1) is 0 Å². The molecular weight excluding hydrogens is 880 g/mol. The number of ether oxygens (including phenoxy) is 3. The van der Waals surface area contributed by atoms with Crippen molar-refractivity contribution in [3.8, 4) is 0 Å². The van der Waals surface area contributed by atoms with Crippen molar-refractivity contribution in [1.82, 2.24) is 0 Å². The second kappa shape index (κ2) is 49.8. The highest BCUT2D eigenvalue weighted by molar-refractivity contribution is 7.47. The molecule has 2 N–H and O–H groups in total. The summed E-state index contributed by atoms with van der Waals surface area (Å²) < 4.78 is 39.2. The summed E-state index contributed by atoms with van der Waals surface area (Å²) in [6.45, 7) is 4.31. The van der Waals surface area contributed by atoms with E-state index in [-0.39, 0.29) is 25.9 Å². The lowest BCUT2D eigenvalue weighted by Gasteiger charge is -2.21. The van der Waals surface area contributed by atoms with E-state index < -0.39 is 57.8 Å². The molecule has 0 radical (unpaired) electrons. The second-order valence-corrected chi connectivity index (χ2v) is 18.4. The molecule has 0 bridgehead atoms. The molecule has 0 aliphatic rings. The van der Waals surface area contributed by atoms with Gasteiger partial charge in [-0.25, -0.2) is 4.57 Å². The van der Waals surface area contributed by atoms with Gasteiger partial charge in [0, 0.05) is 19.3 Å². The minimum Gasteiger partial charge on any atom is -0.462 e. The minimum absolute atomic E-state index is 0.0360. The number of hydrogen-bond acceptors (Lipinski definition) is 10. The third-order valence-electron chi connectivity index (χ3n) is 10.5. The fourth-order valence-electron chi connectivity index (χ4n) is 6.54. The molecule has 12 heteroatoms. The maximum atomic E-state index is 12.8. The van der Waals surface area contributed by atoms with Crippen LogP contribution in [0.2, 0.25) is 0 Å². The quantitative estimate of drug-likeness (QED) is 0.0197. The topological polar surface area (TPSA) is 155 Å². The lowest BCUT2D eigenvalue weighted by Crippen LogP contribution is -2.30. The maximum Gasteiger partial charge on any atom is 0.472 e. The van der Waals surface area contributed by atoms with E-state index in [0.29, 0.717) is 25.7 Å². The Morgan fingerprint density at radius 1 is 0.426 bits per heavy atom. The number of aliphatic hydroxyl groups excluding tert-OH is 1. The van der Waals surface area contributed by atoms with Gasteiger partial charge in [0.05, 0.1) is 19.8 Å². The van der Waals surface area contributed by atoms with Gasteiger partial charge in [0.15, 0.2) is 6.10 Å². The zero-order chi connectivity index (χ0) is 49.9. The Kier molecular flexibility index (Phi) is 47.2. The van der Waals surface area contributed by atoms with Gasteiger partial charge in [0.2, 0.25) is 0 Å². The number of hydrogen-bond donors (Lipinski definition) is 2. The Labute approximate surface area is 412 Å². The van der Waals surface area contributed by atoms with Crippen LogP contribution < -0.4 is 0 Å². The molecule has 0 aromatic rings. The molecule has 0 aliphatic carbocycles. The van der Waals surface area contributed by atoms with Gasteiger partial charge in [-0.3, -0.25) is 23.4 Å². The van der Waals surface area contributed by atoms with E-state index in [1.54, 1.807) is 0 Å². The summed E-state index contributed by atoms with van der Waals surface area (Å²) in [6.07, 6.45) is 56.9. The predicted octanol–water partition coefficient (Wildman–Crippen LogP) is 14.9. The summed E-state index contributed by atoms with van der Waals surface area (Å²) in [7, 11) is -4.76. The Morgan fingerprint density at radius 2 is 0.824 bits per heavy atom. The van der Waals surface area contributed by atoms with E-state index >= 15 is 0 Å². The molecule has 3 unspecified atom stereocenters. The smallest absolute Gasteiger partial charge is 0.462 e. The molecule has 68 heavy (non-hydrogen) atoms. The lowest BCUT2D eigenvalue weighted by molar-refractivity contribution is -0.161. The molecule has 0 saturated carbocycles. The highest BCUT2D eigenvalue weighted by Gasteiger charge is 2.28. The van der Waals surface area contributed by atoms with Gasteiger partial charge in [0.25, 0.3) is 0 Å². The van der Waals surface area contributed by atoms with Gasteiger partial charge < -0.3 is 24.2 Å². The van der Waals surface area contributed by atoms with Gasteiger partial charge in [-0.05, 0) is 83.5 Å². The van der Waals surface area contributed by atoms with Gasteiger partial charge in [0.1, 0.15) is 12.7 Å². The summed E-state index contributed by atoms with van der Waals surface area (Å²) in [5, 5.41) is 9.74. The van der Waals surface area contributed by atoms with Crippen LogP contribution in [0.25, 0.3) is 0 Å². The van der Waals surface area contributed by atoms with Crippen LogP contribution in [0.5, 0.6) is 0 Å². The number of unbranched alkanes of at least 4 members (excludes halogenated alkanes) is 14. The SMILES string of the molecule is CC/C=C\C/C=C\C/C=C\C/C=C\C/C=C\C/C=C\CCC(=O)OC(COC(=O)CCCCCCC/C=C\C/C=C\CCC)COP(=O)(O)OCC(CO)OC(=O)CCCCCCCCCCC. The summed E-state index contributed by atoms with van der Waals surface area (Å²) in [4.78, 5) is 48.2. The zero-order valence-electron chi connectivity index (χ0n) is 42.5. The van der Waals surface area contributed by atoms with Crippen LogP contribution in [0.15, 0.2) is 97.2 Å². The van der Waals surface area contributed by atoms with Gasteiger partial charge in [-0.1, -0.05) is 195 Å². The average Bonchev–Trinajstić information content (AvgIpc) is 3.32. The summed E-state index contributed by atoms with van der Waals surface area (Å²) in [5.74, 6) is -1.59. The van der Waals surface area contributed by atoms with Gasteiger partial charge in [-0.2, -0.15) is 0 Å². The molecular formula is C56H93O11P. The standard InChI is InChI=1S/C56H93O11P/c1-4-7-10-13-16-19-21-23-24-25-26-27-28-30-32-35-38-41-44-47-56(60)67-53(49-63-54(58)45-42-39-36-34-31-29-22-20-17-14-11-8-5-2)51-65-68(61,62)64-50-52(48-57)66-55(59)46-43-40-37-33-18-15-12-9-6-3/h7,10-11,14,16,19-20,22-24,26-27,30,32,38,41,52-53,57H,4-6,8-9,12-13,15,17-18,21,25,28-29,31,33-37,39-40,42-51H2,1-3H3,(H,61,62)/b10-7-,14-11-,19-16-,22-20-,24-23-,27-26-,32-30-,41-38-. The Hall–Kier alpha value is -3.60. The van der Waals surface area contributed by atoms with Crippen LogP contribution in [0.4, 0.5) is 0 Å². The molecule has 0 saturated heterocycles. The first-order valence-corrected chi connectivity index (χ1v) is 27.6. The number of carbonyl (C=O) groups excluding carboxylic acids is 3. The summed E-state index contributed by atoms with van der Waals surface area (Å²) in [5.41, 5.74) is 0. The molecule has 0 fully saturated rings. The lowest BCUT2D eigenvalue weighted by atomic mass is 10.1. The normalized spacial score (nSPS) is 14.2. The van der Waals surface area contributed by atoms with E-state index in [9.17, 15) is 28.9 Å². The minimum atomic E-state index is -4.76. The van der Waals surface area contributed by atoms with Crippen molar-refractivity contribution in [3.05, 3.63) is 97.2 Å². The Bertz CT molecular complexity index is 1510. The van der Waals surface area contributed by atoms with Crippen molar-refractivity contribution >= 4 is 25.7 Å². The van der Waals surface area contributed by atoms with Crippen LogP contribution in [0.1, 0.15) is 201 Å². The molecule has 0 rings (SSSR count). The molecule has 0 aromatic heterocycles. The summed E-state index contributed by atoms with van der Waals surface area (Å²) >= 11 is 0. The predicted molar refractivity (Wildman–Crippen MR) is 279 cm³/mol. The van der Waals surface area contributed by atoms with E-state index in [4.69, 9.17) is 23.3 Å². The number of rotatable bonds is 47. The number of phosphoric acid groups is 1. The first-order chi connectivity index (χ1) is 33.2. The number of aliphatic hydroxyl groups is 1. The number of phosphoric ester groups is 1. The first kappa shape index (κ1) is 64.4. The van der Waals surface area contributed by atoms with Crippen molar-refractivity contribution in [1.29, 1.82) is 0 Å². The van der Waals surface area contributed by atoms with Crippen molar-refractivity contribution < 1.29 is 52.2 Å². The van der Waals surface area contributed by atoms with Crippen molar-refractivity contribution in [2.24, 2.45) is 0 Å². The number of carbonyl (C=O) groups is 3. The highest BCUT2D eigenvalue weighted by atomic mass is 31.2. The van der Waals surface area contributed by atoms with Crippen molar-refractivity contribution in [2.75, 3.05) is 26.4 Å². The Morgan fingerprint density at radius 3 is 1.32 bits per heavy atom. The van der Waals surface area contributed by atoms with Crippen molar-refractivity contribution in [3.63, 3.8) is 0 Å². The molecule has 0 aromatic carbocycles. The largest absolute Gasteiger partial charge is 0.472 e. The fourth-order valence-corrected chi connectivity index (χ4v) is 7.32. The van der Waals surface area contributed by atoms with Gasteiger partial charge >= 0.3 is 25.7 Å². The van der Waals surface area contributed by atoms with E-state index in [2.05, 4.69) is 106 Å². The number of allylic oxidation sites excluding steroid dienone is 16. The highest BCUT2D eigenvalue weighted by Crippen LogP contribution is 2.43. The Balaban J connectivity index is 4.89. The molecule has 0 amide bonds. The molecule has 0 heterocycles. The molecule has 0 spiro atoms. The summed E-state index contributed by atoms with van der Waals surface area (Å²) in [6, 6.07) is 0. The van der Waals surface area contributed by atoms with Crippen LogP contribution in [0.3, 0.4) is 0 Å². The average molecular weight is 973 g/mol. The van der Waals surface area contributed by atoms with Crippen LogP contribution >= 0.6 is 7.82 Å². The maximum absolute atomic E-state index is 12.8. The molecule has 3 atom stereocenters. The monoisotopic (exact) mass is 973 g/mol.